The van der Waals surface area contributed by atoms with Gasteiger partial charge in [-0.1, -0.05) is 12.1 Å². The molecule has 0 unspecified atom stereocenters. The van der Waals surface area contributed by atoms with Crippen LogP contribution in [-0.4, -0.2) is 83.7 Å². The molecule has 1 aromatic carbocycles. The largest absolute Gasteiger partial charge is 0.469 e. The topological polar surface area (TPSA) is 154 Å². The van der Waals surface area contributed by atoms with E-state index in [9.17, 15) is 23.6 Å². The Bertz CT molecular complexity index is 1990. The van der Waals surface area contributed by atoms with Crippen molar-refractivity contribution in [3.05, 3.63) is 71.9 Å². The van der Waals surface area contributed by atoms with E-state index in [2.05, 4.69) is 30.2 Å². The molecule has 1 N–H and O–H groups in total. The van der Waals surface area contributed by atoms with Gasteiger partial charge < -0.3 is 15.0 Å². The zero-order valence-electron chi connectivity index (χ0n) is 24.7. The number of carbonyl (C=O) groups excluding carboxylic acids is 4. The van der Waals surface area contributed by atoms with Crippen molar-refractivity contribution in [1.29, 1.82) is 0 Å². The molecule has 0 saturated carbocycles. The van der Waals surface area contributed by atoms with Crippen molar-refractivity contribution < 1.29 is 28.3 Å². The van der Waals surface area contributed by atoms with Gasteiger partial charge in [0, 0.05) is 42.8 Å². The second kappa shape index (κ2) is 11.9. The van der Waals surface area contributed by atoms with Crippen molar-refractivity contribution in [3.8, 4) is 11.1 Å². The van der Waals surface area contributed by atoms with E-state index < -0.39 is 30.0 Å². The first-order chi connectivity index (χ1) is 21.6. The van der Waals surface area contributed by atoms with Crippen LogP contribution in [0.2, 0.25) is 0 Å². The van der Waals surface area contributed by atoms with E-state index in [-0.39, 0.29) is 43.2 Å². The number of carbonyl (C=O) groups is 4. The number of hydrogen-bond acceptors (Lipinski definition) is 9. The summed E-state index contributed by atoms with van der Waals surface area (Å²) in [5, 5.41) is 12.0. The first-order valence-corrected chi connectivity index (χ1v) is 14.2. The third-order valence-corrected chi connectivity index (χ3v) is 7.62. The molecule has 45 heavy (non-hydrogen) atoms. The van der Waals surface area contributed by atoms with E-state index >= 15 is 0 Å². The number of rotatable bonds is 8. The zero-order valence-corrected chi connectivity index (χ0v) is 24.7. The van der Waals surface area contributed by atoms with Gasteiger partial charge >= 0.3 is 5.97 Å². The van der Waals surface area contributed by atoms with Crippen LogP contribution in [0.1, 0.15) is 35.2 Å². The van der Waals surface area contributed by atoms with E-state index in [1.54, 1.807) is 28.9 Å². The van der Waals surface area contributed by atoms with Crippen molar-refractivity contribution in [2.24, 2.45) is 0 Å². The number of methoxy groups -OCH3 is 1. The smallest absolute Gasteiger partial charge is 0.311 e. The molecule has 0 spiro atoms. The molecule has 5 aromatic rings. The number of nitrogens with zero attached hydrogens (tertiary/aromatic N) is 7. The second-order valence-electron chi connectivity index (χ2n) is 10.9. The SMILES string of the molecule is COC(=O)Cc1cccc(NC(=O)[C@@H]2C[C@@H](F)CN2C(=O)Cn2nc(C(C)=O)c3cc(-c4cnc5cc(C)nn5c4)ccc32)n1. The molecule has 1 fully saturated rings. The van der Waals surface area contributed by atoms with Crippen LogP contribution in [0.3, 0.4) is 0 Å². The van der Waals surface area contributed by atoms with Crippen LogP contribution >= 0.6 is 0 Å². The molecule has 2 amide bonds. The number of hydrogen-bond donors (Lipinski definition) is 1. The minimum absolute atomic E-state index is 0.0848. The van der Waals surface area contributed by atoms with Crippen LogP contribution in [0.5, 0.6) is 0 Å². The van der Waals surface area contributed by atoms with Crippen LogP contribution in [-0.2, 0) is 32.1 Å². The standard InChI is InChI=1S/C31H29FN8O5/c1-17-9-27-33-13-20(14-40(27)36-17)19-7-8-24-23(10-19)30(18(2)41)37-39(24)16-28(42)38-15-21(32)11-25(38)31(44)35-26-6-4-5-22(34-26)12-29(43)45-3/h4-10,13-14,21,25H,11-12,15-16H2,1-3H3,(H,34,35,44)/t21-,25+/m1/s1. The van der Waals surface area contributed by atoms with Crippen molar-refractivity contribution in [2.75, 3.05) is 19.0 Å². The average molecular weight is 613 g/mol. The predicted molar refractivity (Wildman–Crippen MR) is 160 cm³/mol. The Balaban J connectivity index is 1.23. The highest BCUT2D eigenvalue weighted by molar-refractivity contribution is 6.06. The van der Waals surface area contributed by atoms with Gasteiger partial charge in [-0.25, -0.2) is 18.9 Å². The lowest BCUT2D eigenvalue weighted by molar-refractivity contribution is -0.139. The number of ketones is 1. The Morgan fingerprint density at radius 2 is 1.91 bits per heavy atom. The summed E-state index contributed by atoms with van der Waals surface area (Å²) in [6.07, 6.45) is 1.89. The number of halogens is 1. The molecule has 0 bridgehead atoms. The van der Waals surface area contributed by atoms with Crippen LogP contribution in [0.15, 0.2) is 54.9 Å². The summed E-state index contributed by atoms with van der Waals surface area (Å²) in [7, 11) is 1.26. The van der Waals surface area contributed by atoms with Crippen molar-refractivity contribution in [2.45, 2.75) is 45.4 Å². The molecule has 1 aliphatic rings. The van der Waals surface area contributed by atoms with Crippen LogP contribution in [0.25, 0.3) is 27.7 Å². The quantitative estimate of drug-likeness (QED) is 0.206. The Hall–Kier alpha value is -5.53. The van der Waals surface area contributed by atoms with Gasteiger partial charge in [0.15, 0.2) is 11.4 Å². The van der Waals surface area contributed by atoms with Crippen molar-refractivity contribution >= 4 is 45.9 Å². The van der Waals surface area contributed by atoms with Gasteiger partial charge in [0.2, 0.25) is 11.8 Å². The maximum absolute atomic E-state index is 14.6. The van der Waals surface area contributed by atoms with Crippen LogP contribution in [0, 0.1) is 6.92 Å². The molecule has 1 aliphatic heterocycles. The summed E-state index contributed by atoms with van der Waals surface area (Å²) < 4.78 is 22.3. The molecular formula is C31H29FN8O5. The normalized spacial score (nSPS) is 16.3. The number of pyridine rings is 1. The zero-order chi connectivity index (χ0) is 31.8. The number of likely N-dealkylation sites (tertiary alicyclic amines) is 1. The highest BCUT2D eigenvalue weighted by Gasteiger charge is 2.40. The first kappa shape index (κ1) is 29.5. The van der Waals surface area contributed by atoms with Gasteiger partial charge in [-0.3, -0.25) is 23.9 Å². The lowest BCUT2D eigenvalue weighted by Crippen LogP contribution is -2.44. The van der Waals surface area contributed by atoms with Gasteiger partial charge in [-0.2, -0.15) is 10.2 Å². The molecular weight excluding hydrogens is 583 g/mol. The second-order valence-corrected chi connectivity index (χ2v) is 10.9. The summed E-state index contributed by atoms with van der Waals surface area (Å²) >= 11 is 0. The van der Waals surface area contributed by atoms with Gasteiger partial charge in [0.1, 0.15) is 30.3 Å². The van der Waals surface area contributed by atoms with E-state index in [0.717, 1.165) is 16.8 Å². The number of fused-ring (bicyclic) bond motifs is 2. The molecule has 14 heteroatoms. The molecule has 0 radical (unpaired) electrons. The van der Waals surface area contributed by atoms with Crippen LogP contribution < -0.4 is 5.32 Å². The van der Waals surface area contributed by atoms with E-state index in [1.807, 2.05) is 31.3 Å². The third kappa shape index (κ3) is 5.98. The number of nitrogens with one attached hydrogen (secondary N) is 1. The number of aromatic nitrogens is 6. The maximum Gasteiger partial charge on any atom is 0.311 e. The number of anilines is 1. The lowest BCUT2D eigenvalue weighted by atomic mass is 10.0. The first-order valence-electron chi connectivity index (χ1n) is 14.2. The Kier molecular flexibility index (Phi) is 7.79. The number of aryl methyl sites for hydroxylation is 1. The highest BCUT2D eigenvalue weighted by atomic mass is 19.1. The Labute approximate surface area is 256 Å². The van der Waals surface area contributed by atoms with Gasteiger partial charge in [0.05, 0.1) is 37.0 Å². The van der Waals surface area contributed by atoms with Gasteiger partial charge in [0.25, 0.3) is 0 Å². The number of esters is 1. The predicted octanol–water partition coefficient (Wildman–Crippen LogP) is 2.95. The monoisotopic (exact) mass is 612 g/mol. The van der Waals surface area contributed by atoms with E-state index in [4.69, 9.17) is 0 Å². The average Bonchev–Trinajstić information content (AvgIpc) is 3.70. The van der Waals surface area contributed by atoms with Crippen LogP contribution in [0.4, 0.5) is 10.2 Å². The molecule has 1 saturated heterocycles. The Morgan fingerprint density at radius 1 is 1.09 bits per heavy atom. The summed E-state index contributed by atoms with van der Waals surface area (Å²) in [5.74, 6) is -1.76. The molecule has 2 atom stereocenters. The molecule has 4 aromatic heterocycles. The molecule has 6 rings (SSSR count). The summed E-state index contributed by atoms with van der Waals surface area (Å²) in [6, 6.07) is 10.9. The van der Waals surface area contributed by atoms with E-state index in [1.165, 1.54) is 29.7 Å². The molecule has 230 valence electrons. The number of ether oxygens (including phenoxy) is 1. The summed E-state index contributed by atoms with van der Waals surface area (Å²) in [4.78, 5) is 60.8. The molecule has 0 aliphatic carbocycles. The fourth-order valence-corrected chi connectivity index (χ4v) is 5.49. The number of amides is 2. The molecule has 13 nitrogen and oxygen atoms in total. The molecule has 5 heterocycles. The minimum Gasteiger partial charge on any atom is -0.469 e. The Morgan fingerprint density at radius 3 is 2.69 bits per heavy atom. The minimum atomic E-state index is -1.41. The number of Topliss-reactive ketones (excluding diaryl/α,β-unsaturated/α-hetero) is 1. The highest BCUT2D eigenvalue weighted by Crippen LogP contribution is 2.28. The fraction of sp³-hybridized carbons (Fsp3) is 0.290. The lowest BCUT2D eigenvalue weighted by Gasteiger charge is -2.23. The maximum atomic E-state index is 14.6. The van der Waals surface area contributed by atoms with Gasteiger partial charge in [-0.05, 0) is 36.8 Å². The number of benzene rings is 1. The summed E-state index contributed by atoms with van der Waals surface area (Å²) in [6.45, 7) is 2.69. The fourth-order valence-electron chi connectivity index (χ4n) is 5.49. The number of alkyl halides is 1. The summed E-state index contributed by atoms with van der Waals surface area (Å²) in [5.41, 5.74) is 4.19. The van der Waals surface area contributed by atoms with Crippen molar-refractivity contribution in [3.63, 3.8) is 0 Å². The van der Waals surface area contributed by atoms with Crippen molar-refractivity contribution in [1.82, 2.24) is 34.3 Å². The third-order valence-electron chi connectivity index (χ3n) is 7.62. The van der Waals surface area contributed by atoms with E-state index in [0.29, 0.717) is 22.2 Å². The van der Waals surface area contributed by atoms with Gasteiger partial charge in [-0.15, -0.1) is 0 Å².